The van der Waals surface area contributed by atoms with E-state index in [1.807, 2.05) is 6.07 Å². The molecule has 1 aromatic carbocycles. The first-order valence-corrected chi connectivity index (χ1v) is 9.84. The van der Waals surface area contributed by atoms with E-state index < -0.39 is 5.60 Å². The Hall–Kier alpha value is -3.55. The largest absolute Gasteiger partial charge is 0.449 e. The predicted molar refractivity (Wildman–Crippen MR) is 105 cm³/mol. The minimum atomic E-state index is -0.662. The zero-order valence-electron chi connectivity index (χ0n) is 16.0. The smallest absolute Gasteiger partial charge is 0.358 e. The number of fused-ring (bicyclic) bond motifs is 2. The van der Waals surface area contributed by atoms with Crippen LogP contribution in [0.5, 0.6) is 0 Å². The van der Waals surface area contributed by atoms with Crippen molar-refractivity contribution in [1.82, 2.24) is 14.8 Å². The molecule has 30 heavy (non-hydrogen) atoms. The molecule has 1 aliphatic heterocycles. The van der Waals surface area contributed by atoms with Crippen LogP contribution in [0.4, 0.5) is 10.1 Å². The van der Waals surface area contributed by atoms with Crippen molar-refractivity contribution in [2.24, 2.45) is 5.92 Å². The fourth-order valence-electron chi connectivity index (χ4n) is 4.30. The van der Waals surface area contributed by atoms with E-state index in [0.29, 0.717) is 42.8 Å². The first kappa shape index (κ1) is 18.5. The lowest BCUT2D eigenvalue weighted by Gasteiger charge is -2.35. The molecule has 0 atom stereocenters. The number of ether oxygens (including phenoxy) is 1. The third-order valence-electron chi connectivity index (χ3n) is 5.89. The molecular formula is C22H19FN4O3. The zero-order chi connectivity index (χ0) is 20.7. The second-order valence-electron chi connectivity index (χ2n) is 7.70. The Labute approximate surface area is 171 Å². The van der Waals surface area contributed by atoms with E-state index in [1.54, 1.807) is 41.5 Å². The molecule has 3 heterocycles. The SMILES string of the molecule is O=C1OC2(CCC(C(=O)Nc3cnn(-c4ccc(F)cc4)c3)CC2)c2cccnc21. The summed E-state index contributed by atoms with van der Waals surface area (Å²) in [5.41, 5.74) is 1.83. The summed E-state index contributed by atoms with van der Waals surface area (Å²) < 4.78 is 20.4. The van der Waals surface area contributed by atoms with Crippen LogP contribution in [-0.4, -0.2) is 26.6 Å². The first-order chi connectivity index (χ1) is 14.5. The second-order valence-corrected chi connectivity index (χ2v) is 7.70. The number of carbonyl (C=O) groups is 2. The standard InChI is InChI=1S/C22H19FN4O3/c23-15-3-5-17(6-4-15)27-13-16(12-25-27)26-20(28)14-7-9-22(10-8-14)18-2-1-11-24-19(18)21(29)30-22/h1-6,11-14H,7-10H2,(H,26,28). The van der Waals surface area contributed by atoms with Gasteiger partial charge >= 0.3 is 5.97 Å². The van der Waals surface area contributed by atoms with Gasteiger partial charge in [0.1, 0.15) is 11.4 Å². The number of carbonyl (C=O) groups excluding carboxylic acids is 2. The van der Waals surface area contributed by atoms with Gasteiger partial charge < -0.3 is 10.1 Å². The maximum atomic E-state index is 13.1. The van der Waals surface area contributed by atoms with Crippen molar-refractivity contribution in [3.63, 3.8) is 0 Å². The van der Waals surface area contributed by atoms with Gasteiger partial charge in [0.05, 0.1) is 23.8 Å². The van der Waals surface area contributed by atoms with Crippen LogP contribution in [0.25, 0.3) is 5.69 Å². The maximum Gasteiger partial charge on any atom is 0.358 e. The number of pyridine rings is 1. The van der Waals surface area contributed by atoms with Crippen molar-refractivity contribution in [1.29, 1.82) is 0 Å². The van der Waals surface area contributed by atoms with E-state index in [0.717, 1.165) is 5.56 Å². The Morgan fingerprint density at radius 2 is 1.97 bits per heavy atom. The van der Waals surface area contributed by atoms with Crippen LogP contribution in [0.3, 0.4) is 0 Å². The van der Waals surface area contributed by atoms with Crippen LogP contribution < -0.4 is 5.32 Å². The van der Waals surface area contributed by atoms with Crippen LogP contribution in [0, 0.1) is 11.7 Å². The highest BCUT2D eigenvalue weighted by molar-refractivity contribution is 5.93. The van der Waals surface area contributed by atoms with E-state index in [1.165, 1.54) is 12.1 Å². The highest BCUT2D eigenvalue weighted by Crippen LogP contribution is 2.47. The van der Waals surface area contributed by atoms with Gasteiger partial charge in [0.15, 0.2) is 5.69 Å². The molecule has 1 N–H and O–H groups in total. The number of nitrogens with zero attached hydrogens (tertiary/aromatic N) is 3. The predicted octanol–water partition coefficient (Wildman–Crippen LogP) is 3.60. The summed E-state index contributed by atoms with van der Waals surface area (Å²) in [6, 6.07) is 9.64. The highest BCUT2D eigenvalue weighted by atomic mass is 19.1. The molecule has 1 saturated carbocycles. The van der Waals surface area contributed by atoms with E-state index in [2.05, 4.69) is 15.4 Å². The average Bonchev–Trinajstić information content (AvgIpc) is 3.33. The summed E-state index contributed by atoms with van der Waals surface area (Å²) in [5, 5.41) is 7.12. The third kappa shape index (κ3) is 3.14. The number of halogens is 1. The molecule has 5 rings (SSSR count). The van der Waals surface area contributed by atoms with Gasteiger partial charge in [-0.25, -0.2) is 18.9 Å². The van der Waals surface area contributed by atoms with Crippen molar-refractivity contribution in [3.8, 4) is 5.69 Å². The Balaban J connectivity index is 1.24. The Bertz CT molecular complexity index is 1120. The van der Waals surface area contributed by atoms with Crippen LogP contribution in [0.15, 0.2) is 55.0 Å². The van der Waals surface area contributed by atoms with Crippen molar-refractivity contribution in [2.75, 3.05) is 5.32 Å². The number of hydrogen-bond acceptors (Lipinski definition) is 5. The van der Waals surface area contributed by atoms with Gasteiger partial charge in [-0.3, -0.25) is 4.79 Å². The Kier molecular flexibility index (Phi) is 4.34. The normalized spacial score (nSPS) is 22.6. The van der Waals surface area contributed by atoms with E-state index in [4.69, 9.17) is 4.74 Å². The fraction of sp³-hybridized carbons (Fsp3) is 0.273. The van der Waals surface area contributed by atoms with Crippen molar-refractivity contribution in [2.45, 2.75) is 31.3 Å². The minimum absolute atomic E-state index is 0.0840. The van der Waals surface area contributed by atoms with E-state index in [-0.39, 0.29) is 23.6 Å². The molecule has 7 nitrogen and oxygen atoms in total. The molecule has 0 bridgehead atoms. The Morgan fingerprint density at radius 3 is 2.73 bits per heavy atom. The molecule has 1 aliphatic carbocycles. The number of nitrogens with one attached hydrogen (secondary N) is 1. The fourth-order valence-corrected chi connectivity index (χ4v) is 4.30. The summed E-state index contributed by atoms with van der Waals surface area (Å²) in [6.07, 6.45) is 7.24. The lowest BCUT2D eigenvalue weighted by atomic mass is 9.75. The molecule has 152 valence electrons. The first-order valence-electron chi connectivity index (χ1n) is 9.84. The minimum Gasteiger partial charge on any atom is -0.449 e. The molecular weight excluding hydrogens is 387 g/mol. The van der Waals surface area contributed by atoms with Gasteiger partial charge in [-0.1, -0.05) is 6.07 Å². The number of esters is 1. The third-order valence-corrected chi connectivity index (χ3v) is 5.89. The van der Waals surface area contributed by atoms with Gasteiger partial charge in [-0.2, -0.15) is 5.10 Å². The molecule has 0 radical (unpaired) electrons. The van der Waals surface area contributed by atoms with Crippen LogP contribution >= 0.6 is 0 Å². The summed E-state index contributed by atoms with van der Waals surface area (Å²) >= 11 is 0. The van der Waals surface area contributed by atoms with Gasteiger partial charge in [0, 0.05) is 17.7 Å². The summed E-state index contributed by atoms with van der Waals surface area (Å²) in [7, 11) is 0. The lowest BCUT2D eigenvalue weighted by molar-refractivity contribution is -0.122. The molecule has 1 spiro atoms. The van der Waals surface area contributed by atoms with Crippen molar-refractivity contribution in [3.05, 3.63) is 72.1 Å². The van der Waals surface area contributed by atoms with Gasteiger partial charge in [-0.05, 0) is 56.0 Å². The van der Waals surface area contributed by atoms with E-state index in [9.17, 15) is 14.0 Å². The van der Waals surface area contributed by atoms with Gasteiger partial charge in [-0.15, -0.1) is 0 Å². The zero-order valence-corrected chi connectivity index (χ0v) is 16.0. The topological polar surface area (TPSA) is 86.1 Å². The maximum absolute atomic E-state index is 13.1. The molecule has 1 amide bonds. The lowest BCUT2D eigenvalue weighted by Crippen LogP contribution is -2.36. The quantitative estimate of drug-likeness (QED) is 0.672. The van der Waals surface area contributed by atoms with Gasteiger partial charge in [0.25, 0.3) is 0 Å². The number of benzene rings is 1. The van der Waals surface area contributed by atoms with Gasteiger partial charge in [0.2, 0.25) is 5.91 Å². The van der Waals surface area contributed by atoms with Crippen molar-refractivity contribution >= 4 is 17.6 Å². The molecule has 0 unspecified atom stereocenters. The number of amides is 1. The molecule has 8 heteroatoms. The summed E-state index contributed by atoms with van der Waals surface area (Å²) in [6.45, 7) is 0. The number of anilines is 1. The molecule has 1 fully saturated rings. The monoisotopic (exact) mass is 406 g/mol. The average molecular weight is 406 g/mol. The Morgan fingerprint density at radius 1 is 1.20 bits per heavy atom. The van der Waals surface area contributed by atoms with Crippen LogP contribution in [0.2, 0.25) is 0 Å². The molecule has 2 aliphatic rings. The number of aromatic nitrogens is 3. The molecule has 3 aromatic rings. The number of hydrogen-bond donors (Lipinski definition) is 1. The van der Waals surface area contributed by atoms with Crippen LogP contribution in [-0.2, 0) is 15.1 Å². The molecule has 2 aromatic heterocycles. The summed E-state index contributed by atoms with van der Waals surface area (Å²) in [4.78, 5) is 29.0. The van der Waals surface area contributed by atoms with Crippen LogP contribution in [0.1, 0.15) is 41.7 Å². The number of rotatable bonds is 3. The highest BCUT2D eigenvalue weighted by Gasteiger charge is 2.49. The molecule has 0 saturated heterocycles. The second kappa shape index (κ2) is 7.05. The van der Waals surface area contributed by atoms with E-state index >= 15 is 0 Å². The summed E-state index contributed by atoms with van der Waals surface area (Å²) in [5.74, 6) is -0.967. The van der Waals surface area contributed by atoms with Crippen molar-refractivity contribution < 1.29 is 18.7 Å².